The number of aliphatic hydroxyl groups is 3. The summed E-state index contributed by atoms with van der Waals surface area (Å²) < 4.78 is 26.3. The van der Waals surface area contributed by atoms with Gasteiger partial charge in [0.25, 0.3) is 6.43 Å². The Bertz CT molecular complexity index is 1030. The highest BCUT2D eigenvalue weighted by atomic mass is 32.1. The van der Waals surface area contributed by atoms with E-state index in [4.69, 9.17) is 0 Å². The monoisotopic (exact) mass is 451 g/mol. The number of aryl methyl sites for hydroxylation is 1. The minimum Gasteiger partial charge on any atom is -0.396 e. The Morgan fingerprint density at radius 1 is 1.16 bits per heavy atom. The highest BCUT2D eigenvalue weighted by Crippen LogP contribution is 2.38. The minimum atomic E-state index is -2.57. The maximum atomic E-state index is 12.7. The van der Waals surface area contributed by atoms with Gasteiger partial charge in [-0.15, -0.1) is 11.3 Å². The molecule has 11 heteroatoms. The summed E-state index contributed by atoms with van der Waals surface area (Å²) in [7, 11) is 0. The second-order valence-electron chi connectivity index (χ2n) is 7.53. The van der Waals surface area contributed by atoms with Gasteiger partial charge in [-0.25, -0.2) is 18.7 Å². The topological polar surface area (TPSA) is 123 Å². The lowest BCUT2D eigenvalue weighted by molar-refractivity contribution is 0.00446. The number of fused-ring (bicyclic) bond motifs is 1. The van der Waals surface area contributed by atoms with Crippen molar-refractivity contribution in [2.24, 2.45) is 5.92 Å². The molecule has 2 heterocycles. The highest BCUT2D eigenvalue weighted by Gasteiger charge is 2.41. The van der Waals surface area contributed by atoms with Crippen LogP contribution in [0.25, 0.3) is 20.8 Å². The number of aliphatic hydroxyl groups excluding tert-OH is 3. The molecule has 4 atom stereocenters. The van der Waals surface area contributed by atoms with E-state index in [1.165, 1.54) is 11.3 Å². The molecule has 1 aliphatic rings. The summed E-state index contributed by atoms with van der Waals surface area (Å²) in [6.07, 6.45) is -4.44. The molecule has 5 N–H and O–H groups in total. The van der Waals surface area contributed by atoms with Crippen molar-refractivity contribution in [1.82, 2.24) is 15.0 Å². The molecule has 0 bridgehead atoms. The van der Waals surface area contributed by atoms with Crippen molar-refractivity contribution < 1.29 is 24.1 Å². The molecule has 2 aromatic heterocycles. The number of para-hydroxylation sites is 1. The zero-order valence-electron chi connectivity index (χ0n) is 16.7. The van der Waals surface area contributed by atoms with Crippen LogP contribution in [0.15, 0.2) is 24.3 Å². The number of halogens is 2. The quantitative estimate of drug-likeness (QED) is 0.371. The van der Waals surface area contributed by atoms with E-state index in [0.29, 0.717) is 28.5 Å². The number of nitrogens with one attached hydrogen (secondary N) is 2. The van der Waals surface area contributed by atoms with Crippen LogP contribution in [0.1, 0.15) is 12.1 Å². The van der Waals surface area contributed by atoms with Gasteiger partial charge in [-0.1, -0.05) is 12.1 Å². The molecule has 8 nitrogen and oxygen atoms in total. The molecule has 0 spiro atoms. The number of anilines is 2. The number of thiazole rings is 1. The van der Waals surface area contributed by atoms with Crippen molar-refractivity contribution in [3.05, 3.63) is 30.0 Å². The lowest BCUT2D eigenvalue weighted by Gasteiger charge is -2.21. The van der Waals surface area contributed by atoms with Crippen molar-refractivity contribution in [3.63, 3.8) is 0 Å². The Morgan fingerprint density at radius 3 is 2.61 bits per heavy atom. The maximum absolute atomic E-state index is 12.7. The molecule has 1 saturated carbocycles. The first-order valence-corrected chi connectivity index (χ1v) is 10.7. The molecule has 1 aromatic carbocycles. The van der Waals surface area contributed by atoms with Gasteiger partial charge in [0.15, 0.2) is 0 Å². The average molecular weight is 451 g/mol. The number of benzene rings is 1. The molecule has 31 heavy (non-hydrogen) atoms. The summed E-state index contributed by atoms with van der Waals surface area (Å²) >= 11 is 1.44. The molecule has 0 saturated heterocycles. The number of nitrogens with zero attached hydrogens (tertiary/aromatic N) is 3. The third kappa shape index (κ3) is 4.45. The van der Waals surface area contributed by atoms with Gasteiger partial charge >= 0.3 is 0 Å². The number of hydrogen-bond acceptors (Lipinski definition) is 9. The first kappa shape index (κ1) is 21.8. The van der Waals surface area contributed by atoms with Gasteiger partial charge in [-0.05, 0) is 25.5 Å². The molecule has 0 unspecified atom stereocenters. The van der Waals surface area contributed by atoms with Gasteiger partial charge in [0.2, 0.25) is 5.95 Å². The molecule has 0 amide bonds. The predicted octanol–water partition coefficient (Wildman–Crippen LogP) is 2.25. The van der Waals surface area contributed by atoms with Crippen LogP contribution in [0.4, 0.5) is 20.5 Å². The van der Waals surface area contributed by atoms with Gasteiger partial charge in [-0.3, -0.25) is 0 Å². The van der Waals surface area contributed by atoms with Gasteiger partial charge in [0.05, 0.1) is 40.2 Å². The van der Waals surface area contributed by atoms with E-state index >= 15 is 0 Å². The Balaban J connectivity index is 1.74. The third-order valence-corrected chi connectivity index (χ3v) is 6.42. The van der Waals surface area contributed by atoms with E-state index < -0.39 is 37.1 Å². The molecular formula is C20H23F2N5O3S. The first-order chi connectivity index (χ1) is 14.9. The van der Waals surface area contributed by atoms with Gasteiger partial charge < -0.3 is 26.0 Å². The maximum Gasteiger partial charge on any atom is 0.255 e. The van der Waals surface area contributed by atoms with Crippen LogP contribution < -0.4 is 10.6 Å². The molecule has 166 valence electrons. The Labute approximate surface area is 181 Å². The lowest BCUT2D eigenvalue weighted by Crippen LogP contribution is -2.35. The zero-order chi connectivity index (χ0) is 22.1. The van der Waals surface area contributed by atoms with E-state index in [0.717, 1.165) is 10.2 Å². The van der Waals surface area contributed by atoms with Crippen LogP contribution in [-0.4, -0.2) is 68.1 Å². The van der Waals surface area contributed by atoms with Crippen molar-refractivity contribution in [1.29, 1.82) is 0 Å². The lowest BCUT2D eigenvalue weighted by atomic mass is 10.1. The van der Waals surface area contributed by atoms with Crippen LogP contribution in [-0.2, 0) is 0 Å². The van der Waals surface area contributed by atoms with Gasteiger partial charge in [-0.2, -0.15) is 4.98 Å². The first-order valence-electron chi connectivity index (χ1n) is 9.87. The number of alkyl halides is 2. The van der Waals surface area contributed by atoms with E-state index in [1.54, 1.807) is 6.92 Å². The average Bonchev–Trinajstić information content (AvgIpc) is 3.28. The standard InChI is InChI=1S/C20H23F2N5O3S/c1-9-15(19-26-11-4-2-3-5-13(11)31-19)18(27-20(24-9)23-7-14(21)22)25-12-6-10(8-28)16(29)17(12)30/h2-5,10,12,14,16-17,28-30H,6-8H2,1H3,(H2,23,24,25,27)/t10-,12-,16-,17+/m1/s1. The third-order valence-electron chi connectivity index (χ3n) is 5.37. The normalized spacial score (nSPS) is 23.6. The second-order valence-corrected chi connectivity index (χ2v) is 8.56. The fourth-order valence-electron chi connectivity index (χ4n) is 3.78. The molecular weight excluding hydrogens is 428 g/mol. The molecule has 4 rings (SSSR count). The summed E-state index contributed by atoms with van der Waals surface area (Å²) in [4.78, 5) is 13.3. The van der Waals surface area contributed by atoms with Crippen LogP contribution >= 0.6 is 11.3 Å². The zero-order valence-corrected chi connectivity index (χ0v) is 17.5. The molecule has 3 aromatic rings. The fourth-order valence-corrected chi connectivity index (χ4v) is 4.85. The van der Waals surface area contributed by atoms with Crippen LogP contribution in [0.3, 0.4) is 0 Å². The van der Waals surface area contributed by atoms with E-state index in [1.807, 2.05) is 24.3 Å². The summed E-state index contributed by atoms with van der Waals surface area (Å²) in [6.45, 7) is 0.875. The number of hydrogen-bond donors (Lipinski definition) is 5. The van der Waals surface area contributed by atoms with E-state index in [9.17, 15) is 24.1 Å². The molecule has 1 fully saturated rings. The SMILES string of the molecule is Cc1nc(NCC(F)F)nc(N[C@@H]2C[C@H](CO)[C@@H](O)[C@H]2O)c1-c1nc2ccccc2s1. The summed E-state index contributed by atoms with van der Waals surface area (Å²) in [5.74, 6) is -0.132. The van der Waals surface area contributed by atoms with Crippen molar-refractivity contribution in [2.75, 3.05) is 23.8 Å². The van der Waals surface area contributed by atoms with Gasteiger partial charge in [0.1, 0.15) is 16.9 Å². The number of aromatic nitrogens is 3. The highest BCUT2D eigenvalue weighted by molar-refractivity contribution is 7.21. The van der Waals surface area contributed by atoms with E-state index in [2.05, 4.69) is 25.6 Å². The fraction of sp³-hybridized carbons (Fsp3) is 0.450. The molecule has 0 radical (unpaired) electrons. The van der Waals surface area contributed by atoms with Crippen molar-refractivity contribution in [2.45, 2.75) is 38.0 Å². The summed E-state index contributed by atoms with van der Waals surface area (Å²) in [6, 6.07) is 7.05. The van der Waals surface area contributed by atoms with Crippen molar-refractivity contribution in [3.8, 4) is 10.6 Å². The smallest absolute Gasteiger partial charge is 0.255 e. The van der Waals surface area contributed by atoms with Crippen LogP contribution in [0.5, 0.6) is 0 Å². The van der Waals surface area contributed by atoms with Crippen LogP contribution in [0, 0.1) is 12.8 Å². The van der Waals surface area contributed by atoms with E-state index in [-0.39, 0.29) is 12.6 Å². The molecule has 0 aliphatic heterocycles. The minimum absolute atomic E-state index is 0.0249. The van der Waals surface area contributed by atoms with Crippen LogP contribution in [0.2, 0.25) is 0 Å². The largest absolute Gasteiger partial charge is 0.396 e. The Kier molecular flexibility index (Phi) is 6.28. The molecule has 1 aliphatic carbocycles. The number of rotatable bonds is 7. The second kappa shape index (κ2) is 8.95. The Hall–Kier alpha value is -2.47. The summed E-state index contributed by atoms with van der Waals surface area (Å²) in [5, 5.41) is 36.3. The van der Waals surface area contributed by atoms with Gasteiger partial charge in [0, 0.05) is 12.5 Å². The van der Waals surface area contributed by atoms with Crippen molar-refractivity contribution >= 4 is 33.3 Å². The predicted molar refractivity (Wildman–Crippen MR) is 114 cm³/mol. The summed E-state index contributed by atoms with van der Waals surface area (Å²) in [5.41, 5.74) is 1.93. The Morgan fingerprint density at radius 2 is 1.94 bits per heavy atom.